The van der Waals surface area contributed by atoms with Crippen molar-refractivity contribution in [1.29, 1.82) is 0 Å². The summed E-state index contributed by atoms with van der Waals surface area (Å²) in [5, 5.41) is 3.59. The Morgan fingerprint density at radius 1 is 0.840 bits per heavy atom. The highest BCUT2D eigenvalue weighted by Gasteiger charge is 2.18. The number of carbonyl (C=O) groups is 1. The second-order valence-electron chi connectivity index (χ2n) is 5.89. The molecule has 0 aromatic heterocycles. The van der Waals surface area contributed by atoms with Crippen LogP contribution in [0.2, 0.25) is 5.02 Å². The van der Waals surface area contributed by atoms with Crippen LogP contribution in [0.3, 0.4) is 0 Å². The molecule has 0 fully saturated rings. The molecule has 4 heteroatoms. The summed E-state index contributed by atoms with van der Waals surface area (Å²) in [5.74, 6) is -0.0808. The molecule has 0 atom stereocenters. The van der Waals surface area contributed by atoms with Crippen molar-refractivity contribution in [2.24, 2.45) is 4.99 Å². The van der Waals surface area contributed by atoms with E-state index in [1.165, 1.54) is 0 Å². The summed E-state index contributed by atoms with van der Waals surface area (Å²) in [6.45, 7) is 0. The van der Waals surface area contributed by atoms with Crippen LogP contribution < -0.4 is 5.32 Å². The van der Waals surface area contributed by atoms with E-state index in [0.717, 1.165) is 28.1 Å². The van der Waals surface area contributed by atoms with Crippen molar-refractivity contribution in [3.63, 3.8) is 0 Å². The normalized spacial score (nSPS) is 13.5. The highest BCUT2D eigenvalue weighted by molar-refractivity contribution is 6.31. The van der Waals surface area contributed by atoms with Gasteiger partial charge in [-0.15, -0.1) is 0 Å². The molecule has 122 valence electrons. The van der Waals surface area contributed by atoms with Crippen molar-refractivity contribution in [2.75, 3.05) is 5.32 Å². The molecule has 1 aliphatic rings. The monoisotopic (exact) mass is 346 g/mol. The van der Waals surface area contributed by atoms with Crippen LogP contribution in [0, 0.1) is 0 Å². The Kier molecular flexibility index (Phi) is 4.08. The van der Waals surface area contributed by atoms with Gasteiger partial charge in [-0.05, 0) is 41.0 Å². The molecule has 1 amide bonds. The van der Waals surface area contributed by atoms with Gasteiger partial charge in [0.15, 0.2) is 0 Å². The summed E-state index contributed by atoms with van der Waals surface area (Å²) in [4.78, 5) is 17.0. The smallest absolute Gasteiger partial charge is 0.230 e. The molecular weight excluding hydrogens is 332 g/mol. The number of carbonyl (C=O) groups excluding carboxylic acids is 1. The lowest BCUT2D eigenvalue weighted by molar-refractivity contribution is -0.115. The van der Waals surface area contributed by atoms with E-state index in [2.05, 4.69) is 5.32 Å². The molecule has 4 rings (SSSR count). The van der Waals surface area contributed by atoms with Crippen LogP contribution in [0.25, 0.3) is 11.1 Å². The Labute approximate surface area is 151 Å². The largest absolute Gasteiger partial charge is 0.324 e. The van der Waals surface area contributed by atoms with Crippen LogP contribution in [0.4, 0.5) is 11.4 Å². The van der Waals surface area contributed by atoms with Crippen LogP contribution in [0.5, 0.6) is 0 Å². The highest BCUT2D eigenvalue weighted by Crippen LogP contribution is 2.33. The SMILES string of the molecule is O=C1CC(c2cccc(Cl)c2)=Nc2ccc(-c3ccccc3)cc2N1. The van der Waals surface area contributed by atoms with Gasteiger partial charge in [0.1, 0.15) is 0 Å². The number of nitrogens with zero attached hydrogens (tertiary/aromatic N) is 1. The van der Waals surface area contributed by atoms with Crippen molar-refractivity contribution >= 4 is 34.6 Å². The molecular formula is C21H15ClN2O. The number of nitrogens with one attached hydrogen (secondary N) is 1. The second kappa shape index (κ2) is 6.54. The summed E-state index contributed by atoms with van der Waals surface area (Å²) < 4.78 is 0. The summed E-state index contributed by atoms with van der Waals surface area (Å²) in [6, 6.07) is 23.4. The first-order valence-electron chi connectivity index (χ1n) is 8.02. The van der Waals surface area contributed by atoms with Gasteiger partial charge >= 0.3 is 0 Å². The average Bonchev–Trinajstić information content (AvgIpc) is 2.80. The van der Waals surface area contributed by atoms with E-state index < -0.39 is 0 Å². The molecule has 3 aromatic carbocycles. The van der Waals surface area contributed by atoms with E-state index >= 15 is 0 Å². The quantitative estimate of drug-likeness (QED) is 0.656. The molecule has 0 spiro atoms. The number of anilines is 1. The molecule has 0 bridgehead atoms. The third-order valence-corrected chi connectivity index (χ3v) is 4.35. The second-order valence-corrected chi connectivity index (χ2v) is 6.33. The Morgan fingerprint density at radius 3 is 2.44 bits per heavy atom. The first-order chi connectivity index (χ1) is 12.2. The van der Waals surface area contributed by atoms with Gasteiger partial charge in [0, 0.05) is 5.02 Å². The van der Waals surface area contributed by atoms with Crippen LogP contribution in [0.1, 0.15) is 12.0 Å². The van der Waals surface area contributed by atoms with Gasteiger partial charge < -0.3 is 5.32 Å². The molecule has 0 unspecified atom stereocenters. The van der Waals surface area contributed by atoms with Crippen LogP contribution in [-0.4, -0.2) is 11.6 Å². The fraction of sp³-hybridized carbons (Fsp3) is 0.0476. The van der Waals surface area contributed by atoms with E-state index in [0.29, 0.717) is 10.7 Å². The number of benzene rings is 3. The Hall–Kier alpha value is -2.91. The molecule has 0 radical (unpaired) electrons. The van der Waals surface area contributed by atoms with E-state index in [-0.39, 0.29) is 12.3 Å². The van der Waals surface area contributed by atoms with Gasteiger partial charge in [-0.2, -0.15) is 0 Å². The fourth-order valence-corrected chi connectivity index (χ4v) is 3.10. The number of amides is 1. The number of halogens is 1. The Balaban J connectivity index is 1.78. The van der Waals surface area contributed by atoms with Crippen LogP contribution in [0.15, 0.2) is 77.8 Å². The lowest BCUT2D eigenvalue weighted by atomic mass is 10.0. The molecule has 0 saturated carbocycles. The molecule has 1 N–H and O–H groups in total. The molecule has 3 aromatic rings. The number of aliphatic imine (C=N–C) groups is 1. The number of fused-ring (bicyclic) bond motifs is 1. The number of hydrogen-bond acceptors (Lipinski definition) is 2. The van der Waals surface area contributed by atoms with Crippen molar-refractivity contribution < 1.29 is 4.79 Å². The van der Waals surface area contributed by atoms with Gasteiger partial charge in [0.25, 0.3) is 0 Å². The maximum absolute atomic E-state index is 12.3. The first-order valence-corrected chi connectivity index (χ1v) is 8.40. The van der Waals surface area contributed by atoms with E-state index in [4.69, 9.17) is 16.6 Å². The average molecular weight is 347 g/mol. The van der Waals surface area contributed by atoms with Gasteiger partial charge in [0.2, 0.25) is 5.91 Å². The van der Waals surface area contributed by atoms with Crippen LogP contribution >= 0.6 is 11.6 Å². The summed E-state index contributed by atoms with van der Waals surface area (Å²) in [5.41, 5.74) is 5.20. The van der Waals surface area contributed by atoms with Crippen molar-refractivity contribution in [3.8, 4) is 11.1 Å². The van der Waals surface area contributed by atoms with Crippen molar-refractivity contribution in [3.05, 3.63) is 83.4 Å². The molecule has 1 aliphatic heterocycles. The van der Waals surface area contributed by atoms with Gasteiger partial charge in [-0.3, -0.25) is 9.79 Å². The molecule has 1 heterocycles. The first kappa shape index (κ1) is 15.6. The molecule has 3 nitrogen and oxygen atoms in total. The van der Waals surface area contributed by atoms with E-state index in [1.54, 1.807) is 0 Å². The van der Waals surface area contributed by atoms with Gasteiger partial charge in [-0.1, -0.05) is 60.1 Å². The lowest BCUT2D eigenvalue weighted by Gasteiger charge is -2.08. The predicted octanol–water partition coefficient (Wildman–Crippen LogP) is 5.47. The zero-order valence-corrected chi connectivity index (χ0v) is 14.1. The third-order valence-electron chi connectivity index (χ3n) is 4.12. The fourth-order valence-electron chi connectivity index (χ4n) is 2.91. The van der Waals surface area contributed by atoms with Crippen molar-refractivity contribution in [2.45, 2.75) is 6.42 Å². The molecule has 0 aliphatic carbocycles. The maximum atomic E-state index is 12.3. The van der Waals surface area contributed by atoms with E-state index in [1.807, 2.05) is 72.8 Å². The zero-order chi connectivity index (χ0) is 17.2. The topological polar surface area (TPSA) is 41.5 Å². The van der Waals surface area contributed by atoms with E-state index in [9.17, 15) is 4.79 Å². The van der Waals surface area contributed by atoms with Crippen molar-refractivity contribution in [1.82, 2.24) is 0 Å². The summed E-state index contributed by atoms with van der Waals surface area (Å²) >= 11 is 6.07. The predicted molar refractivity (Wildman–Crippen MR) is 103 cm³/mol. The number of hydrogen-bond donors (Lipinski definition) is 1. The lowest BCUT2D eigenvalue weighted by Crippen LogP contribution is -2.14. The third kappa shape index (κ3) is 3.32. The minimum Gasteiger partial charge on any atom is -0.324 e. The standard InChI is InChI=1S/C21H15ClN2O/c22-17-8-4-7-16(11-17)19-13-21(25)24-20-12-15(9-10-18(20)23-19)14-5-2-1-3-6-14/h1-12H,13H2,(H,24,25). The maximum Gasteiger partial charge on any atom is 0.230 e. The van der Waals surface area contributed by atoms with Crippen LogP contribution in [-0.2, 0) is 4.79 Å². The Morgan fingerprint density at radius 2 is 1.64 bits per heavy atom. The zero-order valence-electron chi connectivity index (χ0n) is 13.4. The number of rotatable bonds is 2. The van der Waals surface area contributed by atoms with Gasteiger partial charge in [-0.25, -0.2) is 0 Å². The summed E-state index contributed by atoms with van der Waals surface area (Å²) in [7, 11) is 0. The highest BCUT2D eigenvalue weighted by atomic mass is 35.5. The minimum atomic E-state index is -0.0808. The summed E-state index contributed by atoms with van der Waals surface area (Å²) in [6.07, 6.45) is 0.218. The Bertz CT molecular complexity index is 980. The van der Waals surface area contributed by atoms with Gasteiger partial charge in [0.05, 0.1) is 23.5 Å². The minimum absolute atomic E-state index is 0.0808. The molecule has 25 heavy (non-hydrogen) atoms. The molecule has 0 saturated heterocycles.